The molecule has 0 saturated carbocycles. The molecule has 1 heterocycles. The summed E-state index contributed by atoms with van der Waals surface area (Å²) in [6, 6.07) is 5.69. The summed E-state index contributed by atoms with van der Waals surface area (Å²) >= 11 is 0. The van der Waals surface area contributed by atoms with Gasteiger partial charge in [0.25, 0.3) is 0 Å². The average Bonchev–Trinajstić information content (AvgIpc) is 2.52. The summed E-state index contributed by atoms with van der Waals surface area (Å²) < 4.78 is 51.8. The van der Waals surface area contributed by atoms with Crippen molar-refractivity contribution in [3.05, 3.63) is 70.5 Å². The Bertz CT molecular complexity index is 836. The molecule has 1 aliphatic heterocycles. The van der Waals surface area contributed by atoms with Crippen LogP contribution in [-0.4, -0.2) is 19.2 Å². The van der Waals surface area contributed by atoms with Crippen LogP contribution in [0.4, 0.5) is 13.2 Å². The highest BCUT2D eigenvalue weighted by molar-refractivity contribution is 5.93. The van der Waals surface area contributed by atoms with Crippen LogP contribution in [0.5, 0.6) is 5.75 Å². The van der Waals surface area contributed by atoms with E-state index in [4.69, 9.17) is 4.74 Å². The van der Waals surface area contributed by atoms with Crippen molar-refractivity contribution in [1.29, 1.82) is 0 Å². The van der Waals surface area contributed by atoms with Crippen molar-refractivity contribution in [2.45, 2.75) is 13.0 Å². The molecule has 6 heteroatoms. The molecule has 0 bridgehead atoms. The maximum absolute atomic E-state index is 14.2. The third-order valence-electron chi connectivity index (χ3n) is 3.68. The third-order valence-corrected chi connectivity index (χ3v) is 3.68. The quantitative estimate of drug-likeness (QED) is 0.776. The van der Waals surface area contributed by atoms with Crippen LogP contribution >= 0.6 is 0 Å². The lowest BCUT2D eigenvalue weighted by molar-refractivity contribution is 0.0600. The minimum atomic E-state index is -1.03. The summed E-state index contributed by atoms with van der Waals surface area (Å²) in [4.78, 5) is 11.7. The second kappa shape index (κ2) is 6.03. The Morgan fingerprint density at radius 1 is 1.12 bits per heavy atom. The van der Waals surface area contributed by atoms with Gasteiger partial charge in [0.05, 0.1) is 18.2 Å². The van der Waals surface area contributed by atoms with Crippen LogP contribution in [0.3, 0.4) is 0 Å². The maximum atomic E-state index is 14.2. The molecule has 3 nitrogen and oxygen atoms in total. The summed E-state index contributed by atoms with van der Waals surface area (Å²) in [5.74, 6) is -3.27. The Hall–Kier alpha value is -2.76. The lowest BCUT2D eigenvalue weighted by Gasteiger charge is -2.24. The van der Waals surface area contributed by atoms with Crippen LogP contribution in [0, 0.1) is 17.5 Å². The average molecular weight is 334 g/mol. The number of fused-ring (bicyclic) bond motifs is 1. The second-order valence-corrected chi connectivity index (χ2v) is 5.35. The first kappa shape index (κ1) is 16.1. The molecule has 0 N–H and O–H groups in total. The van der Waals surface area contributed by atoms with Crippen molar-refractivity contribution >= 4 is 11.5 Å². The number of methoxy groups -OCH3 is 1. The van der Waals surface area contributed by atoms with Gasteiger partial charge in [0.2, 0.25) is 0 Å². The van der Waals surface area contributed by atoms with Gasteiger partial charge in [-0.15, -0.1) is 0 Å². The molecule has 0 amide bonds. The molecule has 0 aromatic heterocycles. The van der Waals surface area contributed by atoms with Crippen molar-refractivity contribution in [3.63, 3.8) is 0 Å². The van der Waals surface area contributed by atoms with Crippen molar-refractivity contribution in [2.24, 2.45) is 0 Å². The number of rotatable bonds is 2. The van der Waals surface area contributed by atoms with Gasteiger partial charge in [0.1, 0.15) is 29.3 Å². The maximum Gasteiger partial charge on any atom is 0.337 e. The first-order valence-corrected chi connectivity index (χ1v) is 7.17. The zero-order valence-corrected chi connectivity index (χ0v) is 12.9. The Kier molecular flexibility index (Phi) is 4.05. The molecule has 0 radical (unpaired) electrons. The number of carbonyl (C=O) groups excluding carboxylic acids is 1. The van der Waals surface area contributed by atoms with Crippen molar-refractivity contribution < 1.29 is 27.4 Å². The molecule has 3 rings (SSSR count). The predicted octanol–water partition coefficient (Wildman–Crippen LogP) is 4.10. The topological polar surface area (TPSA) is 35.5 Å². The van der Waals surface area contributed by atoms with Gasteiger partial charge in [-0.1, -0.05) is 0 Å². The number of halogens is 3. The van der Waals surface area contributed by atoms with Crippen molar-refractivity contribution in [2.75, 3.05) is 7.11 Å². The Morgan fingerprint density at radius 2 is 1.79 bits per heavy atom. The fourth-order valence-electron chi connectivity index (χ4n) is 2.66. The number of hydrogen-bond donors (Lipinski definition) is 0. The van der Waals surface area contributed by atoms with E-state index >= 15 is 0 Å². The van der Waals surface area contributed by atoms with E-state index in [1.165, 1.54) is 31.4 Å². The van der Waals surface area contributed by atoms with Crippen LogP contribution in [0.2, 0.25) is 0 Å². The highest BCUT2D eigenvalue weighted by Crippen LogP contribution is 2.38. The highest BCUT2D eigenvalue weighted by atomic mass is 19.1. The molecule has 0 unspecified atom stereocenters. The molecule has 2 aromatic rings. The Labute approximate surface area is 136 Å². The predicted molar refractivity (Wildman–Crippen MR) is 81.3 cm³/mol. The van der Waals surface area contributed by atoms with E-state index in [1.807, 2.05) is 0 Å². The molecule has 0 aliphatic carbocycles. The van der Waals surface area contributed by atoms with Crippen LogP contribution in [0.15, 0.2) is 36.4 Å². The SMILES string of the molecule is COC(=O)c1ccc2c(c1)C(c1c(F)cc(F)cc1F)=C[C@H](C)O2. The van der Waals surface area contributed by atoms with Gasteiger partial charge in [0.15, 0.2) is 0 Å². The summed E-state index contributed by atoms with van der Waals surface area (Å²) in [6.45, 7) is 1.70. The minimum absolute atomic E-state index is 0.199. The second-order valence-electron chi connectivity index (χ2n) is 5.35. The van der Waals surface area contributed by atoms with E-state index in [2.05, 4.69) is 4.74 Å². The lowest BCUT2D eigenvalue weighted by Crippen LogP contribution is -2.17. The van der Waals surface area contributed by atoms with Crippen molar-refractivity contribution in [1.82, 2.24) is 0 Å². The molecule has 124 valence electrons. The van der Waals surface area contributed by atoms with Gasteiger partial charge in [-0.25, -0.2) is 18.0 Å². The van der Waals surface area contributed by atoms with Crippen LogP contribution < -0.4 is 4.74 Å². The molecule has 0 fully saturated rings. The monoisotopic (exact) mass is 334 g/mol. The highest BCUT2D eigenvalue weighted by Gasteiger charge is 2.25. The van der Waals surface area contributed by atoms with Gasteiger partial charge in [0, 0.05) is 17.7 Å². The normalized spacial score (nSPS) is 16.0. The molecule has 0 spiro atoms. The van der Waals surface area contributed by atoms with Crippen LogP contribution in [0.1, 0.15) is 28.4 Å². The van der Waals surface area contributed by atoms with Gasteiger partial charge in [-0.2, -0.15) is 0 Å². The van der Waals surface area contributed by atoms with E-state index < -0.39 is 29.5 Å². The fraction of sp³-hybridized carbons (Fsp3) is 0.167. The van der Waals surface area contributed by atoms with Gasteiger partial charge in [-0.3, -0.25) is 0 Å². The molecule has 0 saturated heterocycles. The van der Waals surface area contributed by atoms with Crippen molar-refractivity contribution in [3.8, 4) is 5.75 Å². The summed E-state index contributed by atoms with van der Waals surface area (Å²) in [5, 5.41) is 0. The molecule has 1 atom stereocenters. The molecular formula is C18H13F3O3. The first-order valence-electron chi connectivity index (χ1n) is 7.17. The van der Waals surface area contributed by atoms with E-state index in [-0.39, 0.29) is 16.7 Å². The van der Waals surface area contributed by atoms with Gasteiger partial charge >= 0.3 is 5.97 Å². The smallest absolute Gasteiger partial charge is 0.337 e. The molecule has 24 heavy (non-hydrogen) atoms. The number of benzene rings is 2. The Balaban J connectivity index is 2.21. The first-order chi connectivity index (χ1) is 11.4. The number of hydrogen-bond acceptors (Lipinski definition) is 3. The van der Waals surface area contributed by atoms with Gasteiger partial charge in [-0.05, 0) is 36.8 Å². The van der Waals surface area contributed by atoms with E-state index in [9.17, 15) is 18.0 Å². The van der Waals surface area contributed by atoms with E-state index in [0.717, 1.165) is 0 Å². The largest absolute Gasteiger partial charge is 0.486 e. The third kappa shape index (κ3) is 2.75. The number of ether oxygens (including phenoxy) is 2. The zero-order valence-electron chi connectivity index (χ0n) is 12.9. The summed E-state index contributed by atoms with van der Waals surface area (Å²) in [5.41, 5.74) is 0.378. The van der Waals surface area contributed by atoms with E-state index in [0.29, 0.717) is 23.4 Å². The number of carbonyl (C=O) groups is 1. The molecular weight excluding hydrogens is 321 g/mol. The van der Waals surface area contributed by atoms with Crippen LogP contribution in [0.25, 0.3) is 5.57 Å². The molecule has 1 aliphatic rings. The fourth-order valence-corrected chi connectivity index (χ4v) is 2.66. The molecule has 2 aromatic carbocycles. The summed E-state index contributed by atoms with van der Waals surface area (Å²) in [7, 11) is 1.23. The lowest BCUT2D eigenvalue weighted by atomic mass is 9.92. The Morgan fingerprint density at radius 3 is 2.42 bits per heavy atom. The zero-order chi connectivity index (χ0) is 17.4. The standard InChI is InChI=1S/C18H13F3O3/c1-9-5-13(17-14(20)7-11(19)8-15(17)21)12-6-10(18(22)23-2)3-4-16(12)24-9/h3-9H,1-2H3/t9-/m0/s1. The number of esters is 1. The van der Waals surface area contributed by atoms with Crippen LogP contribution in [-0.2, 0) is 4.74 Å². The summed E-state index contributed by atoms with van der Waals surface area (Å²) in [6.07, 6.45) is 1.07. The minimum Gasteiger partial charge on any atom is -0.486 e. The van der Waals surface area contributed by atoms with Gasteiger partial charge < -0.3 is 9.47 Å². The van der Waals surface area contributed by atoms with E-state index in [1.54, 1.807) is 6.92 Å².